The van der Waals surface area contributed by atoms with Crippen LogP contribution in [0.25, 0.3) is 0 Å². The van der Waals surface area contributed by atoms with E-state index in [9.17, 15) is 32.8 Å². The molecule has 3 fully saturated rings. The maximum absolute atomic E-state index is 14.2. The van der Waals surface area contributed by atoms with Gasteiger partial charge >= 0.3 is 6.18 Å². The van der Waals surface area contributed by atoms with Gasteiger partial charge in [-0.25, -0.2) is 4.68 Å². The molecule has 4 heterocycles. The van der Waals surface area contributed by atoms with Crippen molar-refractivity contribution in [1.29, 1.82) is 5.26 Å². The lowest BCUT2D eigenvalue weighted by molar-refractivity contribution is -0.137. The average molecular weight is 599 g/mol. The standard InChI is InChI=1S/C30H33F3N6O4/c1-2-37-27-23(25(29(42)38-12-4-7-21(38)16-34)36-39(27)20-10-13-43-14-11-20)22(17-8-9-17)24(28(37)41)35-26(40)18-5-3-6-19(15-18)30(31,32)33/h3,5-6,15,17,20-22,24H,2,4,7-14H2,1H3,(H,35,40)/t21-,22+,24?/m1/s1. The zero-order valence-corrected chi connectivity index (χ0v) is 23.8. The van der Waals surface area contributed by atoms with Crippen LogP contribution < -0.4 is 10.2 Å². The smallest absolute Gasteiger partial charge is 0.381 e. The number of ether oxygens (including phenoxy) is 1. The SMILES string of the molecule is CCN1C(=O)C(NC(=O)c2cccc(C(F)(F)F)c2)[C@@H](C2CC2)c2c(C(=O)N3CCC[C@@H]3C#N)nn(C3CCOCC3)c21. The Morgan fingerprint density at radius 3 is 2.56 bits per heavy atom. The van der Waals surface area contributed by atoms with Crippen molar-refractivity contribution < 1.29 is 32.3 Å². The van der Waals surface area contributed by atoms with Crippen LogP contribution in [0.1, 0.15) is 89.4 Å². The first-order chi connectivity index (χ1) is 20.6. The molecule has 4 aliphatic rings. The molecule has 0 spiro atoms. The van der Waals surface area contributed by atoms with Gasteiger partial charge in [0, 0.05) is 43.3 Å². The Labute approximate surface area is 246 Å². The summed E-state index contributed by atoms with van der Waals surface area (Å²) in [5.41, 5.74) is -0.438. The number of aromatic nitrogens is 2. The number of carbonyl (C=O) groups excluding carboxylic acids is 3. The number of fused-ring (bicyclic) bond motifs is 1. The molecule has 13 heteroatoms. The number of hydrogen-bond acceptors (Lipinski definition) is 6. The normalized spacial score (nSPS) is 24.5. The third-order valence-electron chi connectivity index (χ3n) is 8.99. The van der Waals surface area contributed by atoms with Crippen molar-refractivity contribution in [3.8, 4) is 6.07 Å². The van der Waals surface area contributed by atoms with E-state index in [2.05, 4.69) is 11.4 Å². The number of nitrogens with zero attached hydrogens (tertiary/aromatic N) is 5. The highest BCUT2D eigenvalue weighted by molar-refractivity contribution is 6.07. The lowest BCUT2D eigenvalue weighted by Gasteiger charge is -2.39. The first-order valence-corrected chi connectivity index (χ1v) is 14.8. The number of nitriles is 1. The number of hydrogen-bond donors (Lipinski definition) is 1. The van der Waals surface area contributed by atoms with Gasteiger partial charge in [0.25, 0.3) is 17.7 Å². The Kier molecular flexibility index (Phi) is 7.66. The molecule has 1 unspecified atom stereocenters. The highest BCUT2D eigenvalue weighted by atomic mass is 19.4. The summed E-state index contributed by atoms with van der Waals surface area (Å²) in [5, 5.41) is 17.3. The number of benzene rings is 1. The van der Waals surface area contributed by atoms with Crippen LogP contribution in [0.2, 0.25) is 0 Å². The number of carbonyl (C=O) groups is 3. The van der Waals surface area contributed by atoms with Crippen molar-refractivity contribution in [2.24, 2.45) is 5.92 Å². The van der Waals surface area contributed by atoms with Crippen LogP contribution in [0.4, 0.5) is 19.0 Å². The van der Waals surface area contributed by atoms with E-state index < -0.39 is 41.6 Å². The van der Waals surface area contributed by atoms with Gasteiger partial charge in [0.1, 0.15) is 17.9 Å². The zero-order valence-electron chi connectivity index (χ0n) is 23.8. The molecule has 6 rings (SSSR count). The number of anilines is 1. The summed E-state index contributed by atoms with van der Waals surface area (Å²) in [6, 6.07) is 4.49. The lowest BCUT2D eigenvalue weighted by Crippen LogP contribution is -2.56. The third kappa shape index (κ3) is 5.26. The predicted octanol–water partition coefficient (Wildman–Crippen LogP) is 4.04. The van der Waals surface area contributed by atoms with Crippen molar-refractivity contribution in [3.05, 3.63) is 46.6 Å². The maximum Gasteiger partial charge on any atom is 0.416 e. The van der Waals surface area contributed by atoms with Crippen molar-refractivity contribution in [3.63, 3.8) is 0 Å². The summed E-state index contributed by atoms with van der Waals surface area (Å²) in [6.07, 6.45) is -0.573. The van der Waals surface area contributed by atoms with E-state index in [4.69, 9.17) is 9.84 Å². The van der Waals surface area contributed by atoms with Crippen LogP contribution >= 0.6 is 0 Å². The largest absolute Gasteiger partial charge is 0.416 e. The molecule has 1 aromatic heterocycles. The topological polar surface area (TPSA) is 121 Å². The molecule has 3 amide bonds. The van der Waals surface area contributed by atoms with Gasteiger partial charge in [-0.15, -0.1) is 0 Å². The van der Waals surface area contributed by atoms with E-state index in [1.165, 1.54) is 15.9 Å². The van der Waals surface area contributed by atoms with E-state index in [0.29, 0.717) is 56.8 Å². The van der Waals surface area contributed by atoms with Gasteiger partial charge in [-0.05, 0) is 69.6 Å². The molecule has 3 atom stereocenters. The molecule has 1 N–H and O–H groups in total. The second kappa shape index (κ2) is 11.3. The van der Waals surface area contributed by atoms with E-state index >= 15 is 0 Å². The molecule has 10 nitrogen and oxygen atoms in total. The van der Waals surface area contributed by atoms with Gasteiger partial charge in [0.05, 0.1) is 17.7 Å². The minimum absolute atomic E-state index is 0.0299. The van der Waals surface area contributed by atoms with E-state index in [1.54, 1.807) is 11.6 Å². The summed E-state index contributed by atoms with van der Waals surface area (Å²) < 4.78 is 47.5. The number of amides is 3. The molecule has 228 valence electrons. The first-order valence-electron chi connectivity index (χ1n) is 14.8. The van der Waals surface area contributed by atoms with Gasteiger partial charge in [0.15, 0.2) is 5.69 Å². The molecule has 0 radical (unpaired) electrons. The van der Waals surface area contributed by atoms with Crippen molar-refractivity contribution in [2.45, 2.75) is 75.7 Å². The summed E-state index contributed by atoms with van der Waals surface area (Å²) in [7, 11) is 0. The van der Waals surface area contributed by atoms with E-state index in [-0.39, 0.29) is 35.7 Å². The Bertz CT molecular complexity index is 1470. The summed E-state index contributed by atoms with van der Waals surface area (Å²) in [5.74, 6) is -1.69. The fourth-order valence-electron chi connectivity index (χ4n) is 6.71. The summed E-state index contributed by atoms with van der Waals surface area (Å²) >= 11 is 0. The molecule has 43 heavy (non-hydrogen) atoms. The molecular formula is C30H33F3N6O4. The molecule has 1 aliphatic carbocycles. The van der Waals surface area contributed by atoms with Gasteiger partial charge in [0.2, 0.25) is 0 Å². The number of rotatable bonds is 6. The Morgan fingerprint density at radius 2 is 1.91 bits per heavy atom. The van der Waals surface area contributed by atoms with Crippen molar-refractivity contribution in [2.75, 3.05) is 31.2 Å². The average Bonchev–Trinajstić information content (AvgIpc) is 3.59. The molecule has 1 saturated carbocycles. The Morgan fingerprint density at radius 1 is 1.16 bits per heavy atom. The number of nitrogens with one attached hydrogen (secondary N) is 1. The fraction of sp³-hybridized carbons (Fsp3) is 0.567. The summed E-state index contributed by atoms with van der Waals surface area (Å²) in [4.78, 5) is 44.7. The molecule has 3 aliphatic heterocycles. The van der Waals surface area contributed by atoms with Crippen LogP contribution in [0.3, 0.4) is 0 Å². The molecular weight excluding hydrogens is 565 g/mol. The summed E-state index contributed by atoms with van der Waals surface area (Å²) in [6.45, 7) is 3.45. The second-order valence-electron chi connectivity index (χ2n) is 11.6. The van der Waals surface area contributed by atoms with Gasteiger partial charge < -0.3 is 15.0 Å². The number of likely N-dealkylation sites (tertiary alicyclic amines) is 1. The minimum Gasteiger partial charge on any atom is -0.381 e. The number of halogens is 3. The quantitative estimate of drug-likeness (QED) is 0.536. The van der Waals surface area contributed by atoms with Crippen molar-refractivity contribution in [1.82, 2.24) is 20.0 Å². The highest BCUT2D eigenvalue weighted by Crippen LogP contribution is 2.52. The minimum atomic E-state index is -4.63. The maximum atomic E-state index is 14.2. The van der Waals surface area contributed by atoms with E-state index in [0.717, 1.165) is 31.0 Å². The Hall–Kier alpha value is -3.92. The third-order valence-corrected chi connectivity index (χ3v) is 8.99. The predicted molar refractivity (Wildman–Crippen MR) is 147 cm³/mol. The number of likely N-dealkylation sites (N-methyl/N-ethyl adjacent to an activating group) is 1. The zero-order chi connectivity index (χ0) is 30.5. The van der Waals surface area contributed by atoms with Crippen LogP contribution in [-0.2, 0) is 15.7 Å². The van der Waals surface area contributed by atoms with Crippen LogP contribution in [0.5, 0.6) is 0 Å². The first kappa shape index (κ1) is 29.2. The van der Waals surface area contributed by atoms with Gasteiger partial charge in [-0.3, -0.25) is 19.3 Å². The van der Waals surface area contributed by atoms with Crippen LogP contribution in [-0.4, -0.2) is 70.8 Å². The van der Waals surface area contributed by atoms with E-state index in [1.807, 2.05) is 0 Å². The van der Waals surface area contributed by atoms with Gasteiger partial charge in [-0.1, -0.05) is 6.07 Å². The Balaban J connectivity index is 1.45. The second-order valence-corrected chi connectivity index (χ2v) is 11.6. The highest BCUT2D eigenvalue weighted by Gasteiger charge is 2.52. The fourth-order valence-corrected chi connectivity index (χ4v) is 6.71. The van der Waals surface area contributed by atoms with Crippen molar-refractivity contribution >= 4 is 23.5 Å². The molecule has 2 aromatic rings. The van der Waals surface area contributed by atoms with Crippen LogP contribution in [0, 0.1) is 17.2 Å². The molecule has 1 aromatic carbocycles. The molecule has 0 bridgehead atoms. The molecule has 2 saturated heterocycles. The number of alkyl halides is 3. The monoisotopic (exact) mass is 598 g/mol. The lowest BCUT2D eigenvalue weighted by atomic mass is 9.82. The van der Waals surface area contributed by atoms with Gasteiger partial charge in [-0.2, -0.15) is 23.5 Å². The van der Waals surface area contributed by atoms with Crippen LogP contribution in [0.15, 0.2) is 24.3 Å².